The summed E-state index contributed by atoms with van der Waals surface area (Å²) in [4.78, 5) is 0. The van der Waals surface area contributed by atoms with E-state index in [4.69, 9.17) is 10.5 Å². The van der Waals surface area contributed by atoms with Crippen molar-refractivity contribution in [2.24, 2.45) is 5.73 Å². The van der Waals surface area contributed by atoms with Crippen molar-refractivity contribution in [2.45, 2.75) is 19.1 Å². The molecule has 1 aromatic carbocycles. The summed E-state index contributed by atoms with van der Waals surface area (Å²) < 4.78 is 42.5. The van der Waals surface area contributed by atoms with Gasteiger partial charge in [0.15, 0.2) is 11.5 Å². The second-order valence-corrected chi connectivity index (χ2v) is 4.16. The van der Waals surface area contributed by atoms with Crippen LogP contribution in [0.5, 0.6) is 11.5 Å². The molecular weight excluding hydrogens is 303 g/mol. The van der Waals surface area contributed by atoms with E-state index in [9.17, 15) is 18.3 Å². The minimum absolute atomic E-state index is 0.0309. The third-order valence-electron chi connectivity index (χ3n) is 2.06. The summed E-state index contributed by atoms with van der Waals surface area (Å²) in [7, 11) is 0. The van der Waals surface area contributed by atoms with Gasteiger partial charge in [-0.3, -0.25) is 0 Å². The molecule has 3 nitrogen and oxygen atoms in total. The molecule has 0 spiro atoms. The van der Waals surface area contributed by atoms with Crippen LogP contribution in [0.1, 0.15) is 18.5 Å². The van der Waals surface area contributed by atoms with Gasteiger partial charge in [0.1, 0.15) is 6.04 Å². The Labute approximate surface area is 105 Å². The first-order chi connectivity index (χ1) is 7.77. The average molecular weight is 314 g/mol. The van der Waals surface area contributed by atoms with Gasteiger partial charge in [-0.05, 0) is 40.5 Å². The van der Waals surface area contributed by atoms with Crippen LogP contribution in [0.3, 0.4) is 0 Å². The maximum atomic E-state index is 12.4. The van der Waals surface area contributed by atoms with Crippen LogP contribution in [0, 0.1) is 0 Å². The monoisotopic (exact) mass is 313 g/mol. The van der Waals surface area contributed by atoms with E-state index in [0.717, 1.165) is 12.1 Å². The lowest BCUT2D eigenvalue weighted by molar-refractivity contribution is -0.149. The normalized spacial score (nSPS) is 13.5. The molecule has 0 fully saturated rings. The summed E-state index contributed by atoms with van der Waals surface area (Å²) in [5.41, 5.74) is 4.90. The Balaban J connectivity index is 3.18. The number of ether oxygens (including phenoxy) is 1. The molecule has 0 heterocycles. The van der Waals surface area contributed by atoms with E-state index in [0.29, 0.717) is 0 Å². The van der Waals surface area contributed by atoms with Gasteiger partial charge in [-0.25, -0.2) is 0 Å². The minimum atomic E-state index is -4.54. The number of nitrogens with two attached hydrogens (primary N) is 1. The van der Waals surface area contributed by atoms with E-state index in [2.05, 4.69) is 15.9 Å². The molecule has 0 aliphatic rings. The van der Waals surface area contributed by atoms with Crippen molar-refractivity contribution < 1.29 is 23.0 Å². The van der Waals surface area contributed by atoms with Crippen LogP contribution in [0.2, 0.25) is 0 Å². The van der Waals surface area contributed by atoms with Crippen molar-refractivity contribution in [3.63, 3.8) is 0 Å². The molecule has 1 aromatic rings. The SMILES string of the molecule is CCOc1cc([C@@H](N)C(F)(F)F)cc(Br)c1O. The van der Waals surface area contributed by atoms with Crippen LogP contribution < -0.4 is 10.5 Å². The molecule has 0 amide bonds. The minimum Gasteiger partial charge on any atom is -0.503 e. The molecule has 3 N–H and O–H groups in total. The first-order valence-corrected chi connectivity index (χ1v) is 5.54. The second-order valence-electron chi connectivity index (χ2n) is 3.30. The third-order valence-corrected chi connectivity index (χ3v) is 2.67. The summed E-state index contributed by atoms with van der Waals surface area (Å²) in [5.74, 6) is -0.276. The highest BCUT2D eigenvalue weighted by Gasteiger charge is 2.38. The number of phenolic OH excluding ortho intramolecular Hbond substituents is 1. The number of rotatable bonds is 3. The van der Waals surface area contributed by atoms with E-state index in [1.165, 1.54) is 0 Å². The number of hydrogen-bond acceptors (Lipinski definition) is 3. The van der Waals surface area contributed by atoms with Crippen molar-refractivity contribution in [3.05, 3.63) is 22.2 Å². The quantitative estimate of drug-likeness (QED) is 0.901. The fraction of sp³-hybridized carbons (Fsp3) is 0.400. The highest BCUT2D eigenvalue weighted by Crippen LogP contribution is 2.40. The smallest absolute Gasteiger partial charge is 0.407 e. The first kappa shape index (κ1) is 14.1. The number of halogens is 4. The van der Waals surface area contributed by atoms with Crippen LogP contribution in [0.15, 0.2) is 16.6 Å². The fourth-order valence-corrected chi connectivity index (χ4v) is 1.69. The lowest BCUT2D eigenvalue weighted by Gasteiger charge is -2.18. The van der Waals surface area contributed by atoms with Gasteiger partial charge in [0.25, 0.3) is 0 Å². The Bertz CT molecular complexity index is 409. The molecular formula is C10H11BrF3NO2. The molecule has 17 heavy (non-hydrogen) atoms. The number of phenols is 1. The third kappa shape index (κ3) is 3.26. The zero-order valence-electron chi connectivity index (χ0n) is 8.88. The molecule has 96 valence electrons. The van der Waals surface area contributed by atoms with E-state index in [-0.39, 0.29) is 28.1 Å². The Morgan fingerprint density at radius 3 is 2.53 bits per heavy atom. The van der Waals surface area contributed by atoms with Gasteiger partial charge in [0.2, 0.25) is 0 Å². The zero-order valence-corrected chi connectivity index (χ0v) is 10.5. The highest BCUT2D eigenvalue weighted by atomic mass is 79.9. The Morgan fingerprint density at radius 2 is 2.06 bits per heavy atom. The standard InChI is InChI=1S/C10H11BrF3NO2/c1-2-17-7-4-5(3-6(11)8(7)16)9(15)10(12,13)14/h3-4,9,16H,2,15H2,1H3/t9-/m1/s1. The lowest BCUT2D eigenvalue weighted by Crippen LogP contribution is -2.28. The number of hydrogen-bond donors (Lipinski definition) is 2. The Morgan fingerprint density at radius 1 is 1.47 bits per heavy atom. The summed E-state index contributed by atoms with van der Waals surface area (Å²) in [6, 6.07) is 0.0937. The van der Waals surface area contributed by atoms with Crippen LogP contribution in [0.4, 0.5) is 13.2 Å². The van der Waals surface area contributed by atoms with Gasteiger partial charge in [-0.1, -0.05) is 0 Å². The predicted octanol–water partition coefficient (Wildman–Crippen LogP) is 3.12. The first-order valence-electron chi connectivity index (χ1n) is 4.74. The summed E-state index contributed by atoms with van der Waals surface area (Å²) >= 11 is 2.95. The number of benzene rings is 1. The van der Waals surface area contributed by atoms with Gasteiger partial charge < -0.3 is 15.6 Å². The van der Waals surface area contributed by atoms with Gasteiger partial charge in [0.05, 0.1) is 11.1 Å². The molecule has 0 aromatic heterocycles. The topological polar surface area (TPSA) is 55.5 Å². The highest BCUT2D eigenvalue weighted by molar-refractivity contribution is 9.10. The van der Waals surface area contributed by atoms with E-state index in [1.54, 1.807) is 6.92 Å². The van der Waals surface area contributed by atoms with Crippen molar-refractivity contribution in [2.75, 3.05) is 6.61 Å². The van der Waals surface area contributed by atoms with Crippen molar-refractivity contribution >= 4 is 15.9 Å². The van der Waals surface area contributed by atoms with Crippen LogP contribution in [-0.2, 0) is 0 Å². The molecule has 1 rings (SSSR count). The molecule has 1 atom stereocenters. The maximum Gasteiger partial charge on any atom is 0.407 e. The van der Waals surface area contributed by atoms with Gasteiger partial charge in [-0.15, -0.1) is 0 Å². The summed E-state index contributed by atoms with van der Waals surface area (Å²) in [5, 5.41) is 9.54. The van der Waals surface area contributed by atoms with E-state index in [1.807, 2.05) is 0 Å². The molecule has 0 aliphatic heterocycles. The number of alkyl halides is 3. The largest absolute Gasteiger partial charge is 0.503 e. The molecule has 0 radical (unpaired) electrons. The van der Waals surface area contributed by atoms with Crippen LogP contribution >= 0.6 is 15.9 Å². The zero-order chi connectivity index (χ0) is 13.2. The summed E-state index contributed by atoms with van der Waals surface area (Å²) in [6.07, 6.45) is -4.54. The van der Waals surface area contributed by atoms with Gasteiger partial charge >= 0.3 is 6.18 Å². The van der Waals surface area contributed by atoms with E-state index < -0.39 is 12.2 Å². The van der Waals surface area contributed by atoms with Crippen LogP contribution in [0.25, 0.3) is 0 Å². The van der Waals surface area contributed by atoms with Crippen molar-refractivity contribution in [3.8, 4) is 11.5 Å². The van der Waals surface area contributed by atoms with Gasteiger partial charge in [-0.2, -0.15) is 13.2 Å². The maximum absolute atomic E-state index is 12.4. The molecule has 0 aliphatic carbocycles. The summed E-state index contributed by atoms with van der Waals surface area (Å²) in [6.45, 7) is 1.88. The molecule has 0 bridgehead atoms. The predicted molar refractivity (Wildman–Crippen MR) is 60.0 cm³/mol. The second kappa shape index (κ2) is 5.14. The number of aromatic hydroxyl groups is 1. The Hall–Kier alpha value is -0.950. The van der Waals surface area contributed by atoms with Crippen LogP contribution in [-0.4, -0.2) is 17.9 Å². The molecule has 7 heteroatoms. The average Bonchev–Trinajstić information content (AvgIpc) is 2.22. The molecule has 0 unspecified atom stereocenters. The molecule has 0 saturated heterocycles. The Kier molecular flexibility index (Phi) is 4.26. The van der Waals surface area contributed by atoms with Gasteiger partial charge in [0, 0.05) is 0 Å². The lowest BCUT2D eigenvalue weighted by atomic mass is 10.1. The molecule has 0 saturated carbocycles. The van der Waals surface area contributed by atoms with E-state index >= 15 is 0 Å². The van der Waals surface area contributed by atoms with Crippen molar-refractivity contribution in [1.29, 1.82) is 0 Å². The fourth-order valence-electron chi connectivity index (χ4n) is 1.23. The van der Waals surface area contributed by atoms with Crippen molar-refractivity contribution in [1.82, 2.24) is 0 Å².